The van der Waals surface area contributed by atoms with E-state index in [1.165, 1.54) is 6.08 Å². The maximum atomic E-state index is 13.0. The molecule has 0 unspecified atom stereocenters. The van der Waals surface area contributed by atoms with Crippen LogP contribution in [0.2, 0.25) is 10.0 Å². The van der Waals surface area contributed by atoms with Crippen LogP contribution < -0.4 is 32.3 Å². The van der Waals surface area contributed by atoms with Crippen LogP contribution in [-0.2, 0) is 19.2 Å². The summed E-state index contributed by atoms with van der Waals surface area (Å²) in [4.78, 5) is 71.6. The van der Waals surface area contributed by atoms with E-state index in [4.69, 9.17) is 50.5 Å². The van der Waals surface area contributed by atoms with Gasteiger partial charge in [-0.05, 0) is 139 Å². The van der Waals surface area contributed by atoms with Gasteiger partial charge in [0.05, 0.1) is 33.8 Å². The topological polar surface area (TPSA) is 238 Å². The number of carbonyl (C=O) groups is 4. The summed E-state index contributed by atoms with van der Waals surface area (Å²) < 4.78 is 0. The number of anilines is 2. The van der Waals surface area contributed by atoms with E-state index in [0.29, 0.717) is 33.3 Å². The average Bonchev–Trinajstić information content (AvgIpc) is 4.12. The standard InChI is InChI=1S/C28H33ClN6O2.C25H31ClN6O.C3H3ClO.CH4.ClH/c1-2-25(36)32-18-12-10-17(11-13-18)27(37)33-19-6-5-7-20(14-19)34-28-31-16-23(29)26(35-28)22-15-30-24-9-4-3-8-21(22)24;26-21-14-29-25(32-23(21)20-13-28-22-7-2-1-6-19(20)22)31-18-5-3-4-17(12-18)30-24(33)15-8-10-16(27)11-9-15;1-2-3(4)5;;/h2-4,8-9,15-20,30H,1,5-7,10-14H2,(H,32,36)(H,33,37)(H,31,34,35);1-2,6-7,13-18,28H,3-5,8-12,27H2,(H,30,33)(H,29,31,32);2H,1H2;1H4;1H/t17?,18?,19-,20+;15?,16?,17-,18+;;;/m00.../s1. The molecular formula is C57H72Cl4N12O4. The third-order valence-corrected chi connectivity index (χ3v) is 15.5. The molecule has 4 heterocycles. The number of allylic oxidation sites excluding steroid dienone is 1. The van der Waals surface area contributed by atoms with Gasteiger partial charge in [0.15, 0.2) is 0 Å². The normalized spacial score (nSPS) is 22.9. The van der Waals surface area contributed by atoms with Crippen molar-refractivity contribution in [1.82, 2.24) is 45.9 Å². The molecule has 0 saturated heterocycles. The predicted octanol–water partition coefficient (Wildman–Crippen LogP) is 11.6. The van der Waals surface area contributed by atoms with Crippen LogP contribution >= 0.6 is 47.2 Å². The van der Waals surface area contributed by atoms with E-state index in [-0.39, 0.29) is 85.6 Å². The molecule has 4 aliphatic carbocycles. The molecule has 412 valence electrons. The number of carbonyl (C=O) groups excluding carboxylic acids is 4. The van der Waals surface area contributed by atoms with Gasteiger partial charge in [0.2, 0.25) is 34.9 Å². The number of nitrogens with two attached hydrogens (primary N) is 1. The highest BCUT2D eigenvalue weighted by atomic mass is 35.5. The Labute approximate surface area is 472 Å². The lowest BCUT2D eigenvalue weighted by Crippen LogP contribution is -2.46. The van der Waals surface area contributed by atoms with Crippen molar-refractivity contribution in [3.05, 3.63) is 109 Å². The molecule has 3 amide bonds. The lowest BCUT2D eigenvalue weighted by molar-refractivity contribution is -0.127. The first kappa shape index (κ1) is 60.2. The Bertz CT molecular complexity index is 2950. The molecule has 4 aliphatic rings. The second-order valence-electron chi connectivity index (χ2n) is 20.1. The van der Waals surface area contributed by atoms with E-state index in [0.717, 1.165) is 142 Å². The van der Waals surface area contributed by atoms with Crippen LogP contribution in [0.25, 0.3) is 44.3 Å². The number of fused-ring (bicyclic) bond motifs is 2. The van der Waals surface area contributed by atoms with E-state index in [2.05, 4.69) is 65.7 Å². The molecule has 20 heteroatoms. The summed E-state index contributed by atoms with van der Waals surface area (Å²) in [6.07, 6.45) is 24.2. The van der Waals surface area contributed by atoms with E-state index in [1.54, 1.807) is 12.4 Å². The van der Waals surface area contributed by atoms with Gasteiger partial charge in [-0.15, -0.1) is 12.4 Å². The molecule has 0 radical (unpaired) electrons. The largest absolute Gasteiger partial charge is 0.360 e. The molecule has 0 aliphatic heterocycles. The number of para-hydroxylation sites is 2. The molecule has 6 aromatic rings. The first-order chi connectivity index (χ1) is 36.3. The monoisotopic (exact) mass is 1130 g/mol. The summed E-state index contributed by atoms with van der Waals surface area (Å²) in [5, 5.41) is 19.1. The second-order valence-corrected chi connectivity index (χ2v) is 21.3. The molecule has 4 atom stereocenters. The number of amides is 3. The third-order valence-electron chi connectivity index (χ3n) is 14.8. The van der Waals surface area contributed by atoms with Crippen molar-refractivity contribution in [2.45, 2.75) is 146 Å². The summed E-state index contributed by atoms with van der Waals surface area (Å²) in [7, 11) is 0. The number of halogens is 4. The van der Waals surface area contributed by atoms with E-state index < -0.39 is 5.24 Å². The van der Waals surface area contributed by atoms with Crippen molar-refractivity contribution in [2.75, 3.05) is 10.6 Å². The zero-order valence-electron chi connectivity index (χ0n) is 42.5. The van der Waals surface area contributed by atoms with Crippen LogP contribution in [0.1, 0.15) is 110 Å². The molecule has 10 rings (SSSR count). The zero-order valence-corrected chi connectivity index (χ0v) is 45.6. The van der Waals surface area contributed by atoms with E-state index in [1.807, 2.05) is 54.9 Å². The maximum absolute atomic E-state index is 13.0. The summed E-state index contributed by atoms with van der Waals surface area (Å²) in [6, 6.07) is 17.2. The van der Waals surface area contributed by atoms with Crippen LogP contribution in [0, 0.1) is 11.8 Å². The number of nitrogens with one attached hydrogen (secondary N) is 7. The van der Waals surface area contributed by atoms with Crippen molar-refractivity contribution in [2.24, 2.45) is 17.6 Å². The van der Waals surface area contributed by atoms with Gasteiger partial charge in [-0.25, -0.2) is 19.9 Å². The smallest absolute Gasteiger partial charge is 0.244 e. The van der Waals surface area contributed by atoms with Gasteiger partial charge >= 0.3 is 0 Å². The summed E-state index contributed by atoms with van der Waals surface area (Å²) in [5.41, 5.74) is 11.4. The number of hydrogen-bond acceptors (Lipinski definition) is 11. The lowest BCUT2D eigenvalue weighted by atomic mass is 9.84. The fraction of sp³-hybridized carbons (Fsp3) is 0.439. The number of H-pyrrole nitrogens is 2. The van der Waals surface area contributed by atoms with Gasteiger partial charge in [0.25, 0.3) is 0 Å². The first-order valence-electron chi connectivity index (χ1n) is 26.2. The van der Waals surface area contributed by atoms with Gasteiger partial charge in [0, 0.05) is 93.4 Å². The molecular weight excluding hydrogens is 1060 g/mol. The SMILES string of the molecule is C.C=CC(=O)Cl.C=CC(=O)NC1CCC(C(=O)N[C@H]2CCC[C@@H](Nc3ncc(Cl)c(-c4c[nH]c5ccccc45)n3)C2)CC1.Cl.NC1CCC(C(=O)N[C@H]2CCC[C@@H](Nc3ncc(Cl)c(-c4c[nH]c5ccccc45)n3)C2)CC1. The van der Waals surface area contributed by atoms with Gasteiger partial charge in [-0.3, -0.25) is 19.2 Å². The molecule has 16 nitrogen and oxygen atoms in total. The number of benzene rings is 2. The maximum Gasteiger partial charge on any atom is 0.244 e. The Morgan fingerprint density at radius 1 is 0.584 bits per heavy atom. The summed E-state index contributed by atoms with van der Waals surface area (Å²) >= 11 is 17.7. The molecule has 4 saturated carbocycles. The highest BCUT2D eigenvalue weighted by Crippen LogP contribution is 2.35. The minimum Gasteiger partial charge on any atom is -0.360 e. The molecule has 4 fully saturated rings. The summed E-state index contributed by atoms with van der Waals surface area (Å²) in [6.45, 7) is 6.58. The minimum absolute atomic E-state index is 0. The Morgan fingerprint density at radius 2 is 1.00 bits per heavy atom. The number of nitrogens with zero attached hydrogens (tertiary/aromatic N) is 4. The molecule has 9 N–H and O–H groups in total. The van der Waals surface area contributed by atoms with Gasteiger partial charge in [0.1, 0.15) is 0 Å². The highest BCUT2D eigenvalue weighted by Gasteiger charge is 2.32. The van der Waals surface area contributed by atoms with E-state index in [9.17, 15) is 19.2 Å². The quantitative estimate of drug-likeness (QED) is 0.0400. The third kappa shape index (κ3) is 16.5. The Hall–Kier alpha value is -6.04. The number of aromatic amines is 2. The second kappa shape index (κ2) is 29.1. The fourth-order valence-corrected chi connectivity index (χ4v) is 11.2. The minimum atomic E-state index is -0.509. The van der Waals surface area contributed by atoms with Gasteiger partial charge < -0.3 is 42.3 Å². The molecule has 77 heavy (non-hydrogen) atoms. The molecule has 0 spiro atoms. The van der Waals surface area contributed by atoms with Crippen molar-refractivity contribution in [3.63, 3.8) is 0 Å². The van der Waals surface area contributed by atoms with Crippen LogP contribution in [0.15, 0.2) is 98.6 Å². The van der Waals surface area contributed by atoms with Gasteiger partial charge in [-0.2, -0.15) is 0 Å². The van der Waals surface area contributed by atoms with Crippen LogP contribution in [0.4, 0.5) is 11.9 Å². The lowest BCUT2D eigenvalue weighted by Gasteiger charge is -2.33. The summed E-state index contributed by atoms with van der Waals surface area (Å²) in [5.74, 6) is 1.40. The molecule has 0 bridgehead atoms. The Balaban J connectivity index is 0.000000225. The first-order valence-corrected chi connectivity index (χ1v) is 27.3. The predicted molar refractivity (Wildman–Crippen MR) is 313 cm³/mol. The van der Waals surface area contributed by atoms with Crippen molar-refractivity contribution in [1.29, 1.82) is 0 Å². The van der Waals surface area contributed by atoms with Crippen LogP contribution in [0.5, 0.6) is 0 Å². The Kier molecular flexibility index (Phi) is 22.7. The van der Waals surface area contributed by atoms with Crippen molar-refractivity contribution >= 4 is 104 Å². The van der Waals surface area contributed by atoms with Gasteiger partial charge in [-0.1, -0.05) is 80.2 Å². The van der Waals surface area contributed by atoms with Crippen LogP contribution in [0.3, 0.4) is 0 Å². The average molecular weight is 1130 g/mol. The van der Waals surface area contributed by atoms with E-state index >= 15 is 0 Å². The van der Waals surface area contributed by atoms with Crippen LogP contribution in [-0.4, -0.2) is 89.1 Å². The highest BCUT2D eigenvalue weighted by molar-refractivity contribution is 6.66. The Morgan fingerprint density at radius 3 is 1.43 bits per heavy atom. The molecule has 4 aromatic heterocycles. The zero-order chi connectivity index (χ0) is 52.8. The number of aromatic nitrogens is 6. The number of rotatable bonds is 13. The van der Waals surface area contributed by atoms with Crippen molar-refractivity contribution < 1.29 is 19.2 Å². The van der Waals surface area contributed by atoms with Crippen molar-refractivity contribution in [3.8, 4) is 22.5 Å². The fourth-order valence-electron chi connectivity index (χ4n) is 10.8. The molecule has 2 aromatic carbocycles. The number of hydrogen-bond donors (Lipinski definition) is 8.